The molecule has 7 heteroatoms. The number of unbranched alkanes of at least 4 members (excludes halogenated alkanes) is 1. The molecular weight excluding hydrogens is 320 g/mol. The number of amides is 1. The molecule has 25 heavy (non-hydrogen) atoms. The van der Waals surface area contributed by atoms with Crippen molar-refractivity contribution in [3.63, 3.8) is 0 Å². The summed E-state index contributed by atoms with van der Waals surface area (Å²) in [5, 5.41) is 5.95. The third kappa shape index (κ3) is 5.34. The summed E-state index contributed by atoms with van der Waals surface area (Å²) in [6.07, 6.45) is 5.19. The summed E-state index contributed by atoms with van der Waals surface area (Å²) in [6.45, 7) is 3.31. The first-order chi connectivity index (χ1) is 12.2. The number of methoxy groups -OCH3 is 2. The Bertz CT molecular complexity index is 689. The minimum atomic E-state index is -0.227. The zero-order valence-corrected chi connectivity index (χ0v) is 14.8. The van der Waals surface area contributed by atoms with Gasteiger partial charge in [0.2, 0.25) is 5.95 Å². The second kappa shape index (κ2) is 9.46. The average Bonchev–Trinajstić information content (AvgIpc) is 2.66. The highest BCUT2D eigenvalue weighted by Gasteiger charge is 2.09. The number of carbonyl (C=O) groups is 1. The highest BCUT2D eigenvalue weighted by atomic mass is 16.5. The molecule has 2 rings (SSSR count). The van der Waals surface area contributed by atoms with Crippen LogP contribution in [-0.4, -0.2) is 36.6 Å². The summed E-state index contributed by atoms with van der Waals surface area (Å²) in [6, 6.07) is 5.51. The fourth-order valence-electron chi connectivity index (χ4n) is 2.19. The van der Waals surface area contributed by atoms with Gasteiger partial charge in [-0.25, -0.2) is 9.97 Å². The van der Waals surface area contributed by atoms with Gasteiger partial charge in [0.15, 0.2) is 11.5 Å². The number of nitrogens with one attached hydrogen (secondary N) is 2. The van der Waals surface area contributed by atoms with Crippen molar-refractivity contribution in [3.05, 3.63) is 41.7 Å². The summed E-state index contributed by atoms with van der Waals surface area (Å²) in [5.41, 5.74) is 1.33. The van der Waals surface area contributed by atoms with Crippen molar-refractivity contribution in [3.8, 4) is 11.5 Å². The molecule has 0 bridgehead atoms. The normalized spacial score (nSPS) is 10.2. The van der Waals surface area contributed by atoms with E-state index in [1.807, 2.05) is 12.1 Å². The van der Waals surface area contributed by atoms with E-state index in [0.29, 0.717) is 29.6 Å². The minimum Gasteiger partial charge on any atom is -0.493 e. The van der Waals surface area contributed by atoms with E-state index in [4.69, 9.17) is 9.47 Å². The number of nitrogens with zero attached hydrogens (tertiary/aromatic N) is 2. The van der Waals surface area contributed by atoms with Crippen LogP contribution in [0.5, 0.6) is 11.5 Å². The maximum atomic E-state index is 12.2. The Balaban J connectivity index is 1.91. The molecule has 2 aromatic rings. The molecule has 0 saturated heterocycles. The lowest BCUT2D eigenvalue weighted by Crippen LogP contribution is -2.23. The minimum absolute atomic E-state index is 0.227. The van der Waals surface area contributed by atoms with Gasteiger partial charge in [0.1, 0.15) is 0 Å². The molecule has 0 aliphatic rings. The van der Waals surface area contributed by atoms with Crippen LogP contribution in [-0.2, 0) is 6.54 Å². The SMILES string of the molecule is CCCCNc1ncc(C(=O)NCc2ccc(OC)c(OC)c2)cn1. The van der Waals surface area contributed by atoms with Crippen molar-refractivity contribution in [2.24, 2.45) is 0 Å². The van der Waals surface area contributed by atoms with Crippen molar-refractivity contribution in [1.82, 2.24) is 15.3 Å². The van der Waals surface area contributed by atoms with Gasteiger partial charge in [0, 0.05) is 25.5 Å². The predicted molar refractivity (Wildman–Crippen MR) is 96.1 cm³/mol. The third-order valence-corrected chi connectivity index (χ3v) is 3.63. The van der Waals surface area contributed by atoms with Crippen LogP contribution in [0.2, 0.25) is 0 Å². The van der Waals surface area contributed by atoms with E-state index >= 15 is 0 Å². The molecule has 2 N–H and O–H groups in total. The molecular formula is C18H24N4O3. The maximum Gasteiger partial charge on any atom is 0.254 e. The number of hydrogen-bond acceptors (Lipinski definition) is 6. The Morgan fingerprint density at radius 1 is 1.12 bits per heavy atom. The van der Waals surface area contributed by atoms with Crippen LogP contribution in [0.3, 0.4) is 0 Å². The zero-order chi connectivity index (χ0) is 18.1. The monoisotopic (exact) mass is 344 g/mol. The molecule has 0 fully saturated rings. The zero-order valence-electron chi connectivity index (χ0n) is 14.8. The van der Waals surface area contributed by atoms with Crippen LogP contribution in [0.4, 0.5) is 5.95 Å². The summed E-state index contributed by atoms with van der Waals surface area (Å²) in [7, 11) is 3.16. The lowest BCUT2D eigenvalue weighted by Gasteiger charge is -2.10. The quantitative estimate of drug-likeness (QED) is 0.680. The molecule has 1 aromatic carbocycles. The topological polar surface area (TPSA) is 85.4 Å². The van der Waals surface area contributed by atoms with E-state index in [1.54, 1.807) is 20.3 Å². The highest BCUT2D eigenvalue weighted by Crippen LogP contribution is 2.27. The van der Waals surface area contributed by atoms with E-state index in [2.05, 4.69) is 27.5 Å². The third-order valence-electron chi connectivity index (χ3n) is 3.63. The Morgan fingerprint density at radius 3 is 2.48 bits per heavy atom. The molecule has 0 aliphatic carbocycles. The number of ether oxygens (including phenoxy) is 2. The van der Waals surface area contributed by atoms with Crippen LogP contribution in [0.1, 0.15) is 35.7 Å². The Labute approximate surface area is 147 Å². The Kier molecular flexibility index (Phi) is 7.00. The molecule has 0 spiro atoms. The number of carbonyl (C=O) groups excluding carboxylic acids is 1. The second-order valence-corrected chi connectivity index (χ2v) is 5.45. The van der Waals surface area contributed by atoms with Crippen LogP contribution >= 0.6 is 0 Å². The van der Waals surface area contributed by atoms with Gasteiger partial charge in [-0.2, -0.15) is 0 Å². The summed E-state index contributed by atoms with van der Waals surface area (Å²) < 4.78 is 10.5. The fraction of sp³-hybridized carbons (Fsp3) is 0.389. The van der Waals surface area contributed by atoms with Crippen LogP contribution in [0, 0.1) is 0 Å². The van der Waals surface area contributed by atoms with Gasteiger partial charge in [-0.15, -0.1) is 0 Å². The molecule has 1 aromatic heterocycles. The lowest BCUT2D eigenvalue weighted by atomic mass is 10.2. The first-order valence-corrected chi connectivity index (χ1v) is 8.23. The molecule has 7 nitrogen and oxygen atoms in total. The Morgan fingerprint density at radius 2 is 1.84 bits per heavy atom. The maximum absolute atomic E-state index is 12.2. The van der Waals surface area contributed by atoms with Gasteiger partial charge in [-0.3, -0.25) is 4.79 Å². The van der Waals surface area contributed by atoms with Gasteiger partial charge in [-0.1, -0.05) is 19.4 Å². The van der Waals surface area contributed by atoms with E-state index in [1.165, 1.54) is 12.4 Å². The summed E-state index contributed by atoms with van der Waals surface area (Å²) >= 11 is 0. The number of hydrogen-bond donors (Lipinski definition) is 2. The molecule has 1 heterocycles. The Hall–Kier alpha value is -2.83. The summed E-state index contributed by atoms with van der Waals surface area (Å²) in [4.78, 5) is 20.5. The number of anilines is 1. The number of rotatable bonds is 9. The standard InChI is InChI=1S/C18H24N4O3/c1-4-5-8-19-18-21-11-14(12-22-18)17(23)20-10-13-6-7-15(24-2)16(9-13)25-3/h6-7,9,11-12H,4-5,8,10H2,1-3H3,(H,20,23)(H,19,21,22). The van der Waals surface area contributed by atoms with Crippen molar-refractivity contribution < 1.29 is 14.3 Å². The molecule has 0 aliphatic heterocycles. The van der Waals surface area contributed by atoms with E-state index in [0.717, 1.165) is 24.9 Å². The average molecular weight is 344 g/mol. The van der Waals surface area contributed by atoms with Gasteiger partial charge < -0.3 is 20.1 Å². The first-order valence-electron chi connectivity index (χ1n) is 8.23. The van der Waals surface area contributed by atoms with E-state index in [-0.39, 0.29) is 5.91 Å². The van der Waals surface area contributed by atoms with Crippen LogP contribution in [0.15, 0.2) is 30.6 Å². The van der Waals surface area contributed by atoms with Crippen molar-refractivity contribution >= 4 is 11.9 Å². The van der Waals surface area contributed by atoms with Gasteiger partial charge in [0.05, 0.1) is 19.8 Å². The molecule has 0 unspecified atom stereocenters. The molecule has 1 amide bonds. The number of aromatic nitrogens is 2. The summed E-state index contributed by atoms with van der Waals surface area (Å²) in [5.74, 6) is 1.58. The van der Waals surface area contributed by atoms with E-state index in [9.17, 15) is 4.79 Å². The lowest BCUT2D eigenvalue weighted by molar-refractivity contribution is 0.0950. The first kappa shape index (κ1) is 18.5. The predicted octanol–water partition coefficient (Wildman–Crippen LogP) is 2.64. The van der Waals surface area contributed by atoms with Gasteiger partial charge in [0.25, 0.3) is 5.91 Å². The largest absolute Gasteiger partial charge is 0.493 e. The van der Waals surface area contributed by atoms with Crippen molar-refractivity contribution in [2.45, 2.75) is 26.3 Å². The highest BCUT2D eigenvalue weighted by molar-refractivity contribution is 5.93. The van der Waals surface area contributed by atoms with Crippen molar-refractivity contribution in [2.75, 3.05) is 26.1 Å². The van der Waals surface area contributed by atoms with Crippen LogP contribution < -0.4 is 20.1 Å². The number of benzene rings is 1. The van der Waals surface area contributed by atoms with Gasteiger partial charge in [-0.05, 0) is 24.1 Å². The molecule has 0 radical (unpaired) electrons. The van der Waals surface area contributed by atoms with Crippen molar-refractivity contribution in [1.29, 1.82) is 0 Å². The molecule has 0 atom stereocenters. The molecule has 134 valence electrons. The fourth-order valence-corrected chi connectivity index (χ4v) is 2.19. The van der Waals surface area contributed by atoms with Crippen LogP contribution in [0.25, 0.3) is 0 Å². The van der Waals surface area contributed by atoms with Gasteiger partial charge >= 0.3 is 0 Å². The second-order valence-electron chi connectivity index (χ2n) is 5.45. The molecule has 0 saturated carbocycles. The van der Waals surface area contributed by atoms with E-state index < -0.39 is 0 Å². The smallest absolute Gasteiger partial charge is 0.254 e.